The first kappa shape index (κ1) is 38.6. The summed E-state index contributed by atoms with van der Waals surface area (Å²) in [5, 5.41) is 19.1. The molecular formula is C35H48ClN11O4S. The van der Waals surface area contributed by atoms with Crippen molar-refractivity contribution in [1.29, 1.82) is 0 Å². The average molecular weight is 754 g/mol. The molecule has 15 nitrogen and oxygen atoms in total. The second-order valence-electron chi connectivity index (χ2n) is 13.0. The van der Waals surface area contributed by atoms with Crippen LogP contribution in [0.2, 0.25) is 5.02 Å². The van der Waals surface area contributed by atoms with Gasteiger partial charge in [-0.1, -0.05) is 30.9 Å². The fraction of sp³-hybridized carbons (Fsp3) is 0.457. The van der Waals surface area contributed by atoms with Gasteiger partial charge >= 0.3 is 0 Å². The molecule has 0 bridgehead atoms. The number of unbranched alkanes of at least 4 members (excludes halogenated alkanes) is 1. The molecule has 0 radical (unpaired) electrons. The van der Waals surface area contributed by atoms with Crippen LogP contribution in [0.5, 0.6) is 0 Å². The summed E-state index contributed by atoms with van der Waals surface area (Å²) in [6.45, 7) is 2.70. The van der Waals surface area contributed by atoms with E-state index in [4.69, 9.17) is 17.3 Å². The summed E-state index contributed by atoms with van der Waals surface area (Å²) in [4.78, 5) is 52.0. The van der Waals surface area contributed by atoms with Crippen molar-refractivity contribution in [3.05, 3.63) is 64.6 Å². The van der Waals surface area contributed by atoms with E-state index in [0.29, 0.717) is 53.4 Å². The van der Waals surface area contributed by atoms with E-state index >= 15 is 0 Å². The third-order valence-electron chi connectivity index (χ3n) is 8.93. The normalized spacial score (nSPS) is 13.2. The lowest BCUT2D eigenvalue weighted by molar-refractivity contribution is 0.0942. The molecule has 0 saturated heterocycles. The number of hydrogen-bond acceptors (Lipinski definition) is 9. The Morgan fingerprint density at radius 3 is 1.85 bits per heavy atom. The van der Waals surface area contributed by atoms with Gasteiger partial charge in [-0.2, -0.15) is 4.37 Å². The van der Waals surface area contributed by atoms with Gasteiger partial charge in [0.1, 0.15) is 27.1 Å². The lowest BCUT2D eigenvalue weighted by atomic mass is 9.95. The second-order valence-corrected chi connectivity index (χ2v) is 14.2. The van der Waals surface area contributed by atoms with Crippen molar-refractivity contribution in [3.8, 4) is 0 Å². The van der Waals surface area contributed by atoms with Gasteiger partial charge in [-0.25, -0.2) is 0 Å². The molecule has 0 atom stereocenters. The van der Waals surface area contributed by atoms with Crippen molar-refractivity contribution in [1.82, 2.24) is 28.7 Å². The molecule has 8 N–H and O–H groups in total. The highest BCUT2D eigenvalue weighted by Crippen LogP contribution is 2.31. The molecule has 0 aliphatic heterocycles. The van der Waals surface area contributed by atoms with Crippen LogP contribution < -0.4 is 37.6 Å². The summed E-state index contributed by atoms with van der Waals surface area (Å²) in [6, 6.07) is 5.31. The minimum atomic E-state index is -0.488. The zero-order valence-electron chi connectivity index (χ0n) is 29.8. The Kier molecular flexibility index (Phi) is 13.5. The zero-order chi connectivity index (χ0) is 37.2. The first-order chi connectivity index (χ1) is 25.0. The van der Waals surface area contributed by atoms with E-state index in [2.05, 4.69) is 36.3 Å². The monoisotopic (exact) mass is 753 g/mol. The van der Waals surface area contributed by atoms with Crippen LogP contribution >= 0.6 is 23.1 Å². The number of carbonyl (C=O) groups excluding carboxylic acids is 4. The van der Waals surface area contributed by atoms with Gasteiger partial charge in [0.2, 0.25) is 0 Å². The fourth-order valence-electron chi connectivity index (χ4n) is 6.15. The number of nitrogens with two attached hydrogens (primary N) is 1. The lowest BCUT2D eigenvalue weighted by Gasteiger charge is -2.22. The Morgan fingerprint density at radius 2 is 1.29 bits per heavy atom. The number of halogens is 1. The van der Waals surface area contributed by atoms with Crippen molar-refractivity contribution in [2.24, 2.45) is 26.9 Å². The molecule has 4 aromatic rings. The topological polar surface area (TPSA) is 194 Å². The number of nitrogens with one attached hydrogen (secondary N) is 6. The molecule has 4 heterocycles. The molecule has 17 heteroatoms. The molecule has 1 saturated carbocycles. The van der Waals surface area contributed by atoms with E-state index in [9.17, 15) is 19.2 Å². The molecule has 4 amide bonds. The molecule has 52 heavy (non-hydrogen) atoms. The number of hydrogen-bond donors (Lipinski definition) is 7. The maximum atomic E-state index is 13.2. The van der Waals surface area contributed by atoms with Crippen molar-refractivity contribution < 1.29 is 19.2 Å². The van der Waals surface area contributed by atoms with E-state index in [1.165, 1.54) is 32.1 Å². The molecule has 1 aliphatic carbocycles. The molecule has 0 spiro atoms. The largest absolute Gasteiger partial charge is 0.374 e. The summed E-state index contributed by atoms with van der Waals surface area (Å²) in [6.07, 6.45) is 13.8. The predicted octanol–water partition coefficient (Wildman–Crippen LogP) is 4.76. The van der Waals surface area contributed by atoms with Crippen LogP contribution in [0.1, 0.15) is 93.3 Å². The standard InChI is InChI=1S/C35H48ClN11O4S/c1-45-19-23(16-26(45)31(48)39-13-8-7-12-37)41-32(49)27-17-24(20-46(27)2)42-33(50)28-18-25(21-47(28)3)43-34(51)30-29(36)35(52-44-30)40-15-9-14-38-22-10-5-4-6-11-22/h16-22,38,40H,4-15,37H2,1-3H3,(H,39,48)(H,41,49)(H,42,50)(H,43,51). The number of aromatic nitrogens is 4. The molecule has 0 unspecified atom stereocenters. The van der Waals surface area contributed by atoms with Crippen LogP contribution in [0.3, 0.4) is 0 Å². The minimum absolute atomic E-state index is 0.104. The summed E-state index contributed by atoms with van der Waals surface area (Å²) < 4.78 is 9.07. The van der Waals surface area contributed by atoms with E-state index in [1.807, 2.05) is 0 Å². The Bertz CT molecular complexity index is 1870. The third-order valence-corrected chi connectivity index (χ3v) is 10.2. The molecule has 0 aromatic carbocycles. The van der Waals surface area contributed by atoms with Gasteiger partial charge in [-0.3, -0.25) is 19.2 Å². The third kappa shape index (κ3) is 10.0. The van der Waals surface area contributed by atoms with Gasteiger partial charge in [0.25, 0.3) is 23.6 Å². The van der Waals surface area contributed by atoms with Gasteiger partial charge in [-0.15, -0.1) is 0 Å². The van der Waals surface area contributed by atoms with Crippen LogP contribution in [0.4, 0.5) is 22.1 Å². The van der Waals surface area contributed by atoms with Gasteiger partial charge in [0, 0.05) is 58.9 Å². The average Bonchev–Trinajstić information content (AvgIpc) is 3.88. The molecule has 5 rings (SSSR count). The van der Waals surface area contributed by atoms with Crippen LogP contribution in [0.15, 0.2) is 36.8 Å². The van der Waals surface area contributed by atoms with Crippen LogP contribution in [0.25, 0.3) is 0 Å². The highest BCUT2D eigenvalue weighted by molar-refractivity contribution is 7.11. The summed E-state index contributed by atoms with van der Waals surface area (Å²) >= 11 is 7.65. The second kappa shape index (κ2) is 18.2. The van der Waals surface area contributed by atoms with E-state index in [1.54, 1.807) is 71.6 Å². The summed E-state index contributed by atoms with van der Waals surface area (Å²) in [5.74, 6) is -1.59. The number of carbonyl (C=O) groups is 4. The summed E-state index contributed by atoms with van der Waals surface area (Å²) in [5.41, 5.74) is 7.82. The quantitative estimate of drug-likeness (QED) is 0.0750. The smallest absolute Gasteiger partial charge is 0.277 e. The first-order valence-corrected chi connectivity index (χ1v) is 18.7. The maximum Gasteiger partial charge on any atom is 0.277 e. The molecular weight excluding hydrogens is 706 g/mol. The van der Waals surface area contributed by atoms with Crippen LogP contribution in [0, 0.1) is 0 Å². The Morgan fingerprint density at radius 1 is 0.750 bits per heavy atom. The Hall–Kier alpha value is -4.64. The first-order valence-electron chi connectivity index (χ1n) is 17.6. The molecule has 280 valence electrons. The molecule has 4 aromatic heterocycles. The van der Waals surface area contributed by atoms with Gasteiger partial charge < -0.3 is 51.3 Å². The maximum absolute atomic E-state index is 13.2. The van der Waals surface area contributed by atoms with Crippen molar-refractivity contribution in [2.75, 3.05) is 47.4 Å². The highest BCUT2D eigenvalue weighted by Gasteiger charge is 2.22. The van der Waals surface area contributed by atoms with E-state index in [-0.39, 0.29) is 28.0 Å². The van der Waals surface area contributed by atoms with Gasteiger partial charge in [-0.05, 0) is 74.9 Å². The number of amides is 4. The summed E-state index contributed by atoms with van der Waals surface area (Å²) in [7, 11) is 5.09. The fourth-order valence-corrected chi connectivity index (χ4v) is 7.20. The van der Waals surface area contributed by atoms with Crippen molar-refractivity contribution >= 4 is 68.8 Å². The lowest BCUT2D eigenvalue weighted by Crippen LogP contribution is -2.32. The Labute approximate surface area is 312 Å². The SMILES string of the molecule is Cn1cc(NC(=O)c2cc(NC(=O)c3cc(NC(=O)c4nsc(NCCCNC5CCCCC5)c4Cl)cn3C)cn2C)cc1C(=O)NCCCCN. The number of aryl methyl sites for hydroxylation is 3. The minimum Gasteiger partial charge on any atom is -0.374 e. The van der Waals surface area contributed by atoms with Crippen LogP contribution in [-0.2, 0) is 21.1 Å². The molecule has 1 aliphatic rings. The zero-order valence-corrected chi connectivity index (χ0v) is 31.4. The Balaban J connectivity index is 1.12. The van der Waals surface area contributed by atoms with Crippen LogP contribution in [-0.4, -0.2) is 73.9 Å². The van der Waals surface area contributed by atoms with Crippen molar-refractivity contribution in [2.45, 2.75) is 57.4 Å². The highest BCUT2D eigenvalue weighted by atomic mass is 35.5. The number of rotatable bonds is 17. The number of nitrogens with zero attached hydrogens (tertiary/aromatic N) is 4. The van der Waals surface area contributed by atoms with Crippen molar-refractivity contribution in [3.63, 3.8) is 0 Å². The molecule has 1 fully saturated rings. The van der Waals surface area contributed by atoms with E-state index < -0.39 is 17.7 Å². The van der Waals surface area contributed by atoms with Gasteiger partial charge in [0.05, 0.1) is 17.1 Å². The number of anilines is 4. The van der Waals surface area contributed by atoms with Gasteiger partial charge in [0.15, 0.2) is 5.69 Å². The predicted molar refractivity (Wildman–Crippen MR) is 206 cm³/mol. The van der Waals surface area contributed by atoms with E-state index in [0.717, 1.165) is 37.3 Å².